The minimum atomic E-state index is 0. The molecule has 1 N–H and O–H groups in total. The summed E-state index contributed by atoms with van der Waals surface area (Å²) in [5, 5.41) is 3.23. The average Bonchev–Trinajstić information content (AvgIpc) is 2.28. The lowest BCUT2D eigenvalue weighted by Crippen LogP contribution is -2.43. The summed E-state index contributed by atoms with van der Waals surface area (Å²) in [4.78, 5) is 13.6. The number of hydrogen-bond acceptors (Lipinski definition) is 3. The zero-order chi connectivity index (χ0) is 11.3. The Bertz CT molecular complexity index is 208. The van der Waals surface area contributed by atoms with Crippen LogP contribution in [0.5, 0.6) is 0 Å². The molecule has 2 atom stereocenters. The van der Waals surface area contributed by atoms with Gasteiger partial charge in [0.25, 0.3) is 0 Å². The van der Waals surface area contributed by atoms with Crippen molar-refractivity contribution in [2.24, 2.45) is 0 Å². The van der Waals surface area contributed by atoms with Crippen molar-refractivity contribution >= 4 is 18.3 Å². The Balaban J connectivity index is 0.00000225. The van der Waals surface area contributed by atoms with Crippen LogP contribution in [0, 0.1) is 0 Å². The van der Waals surface area contributed by atoms with E-state index in [2.05, 4.69) is 19.2 Å². The number of carbonyl (C=O) groups excluding carboxylic acids is 1. The van der Waals surface area contributed by atoms with Crippen LogP contribution in [-0.2, 0) is 9.53 Å². The summed E-state index contributed by atoms with van der Waals surface area (Å²) >= 11 is 0. The molecular weight excluding hydrogens is 228 g/mol. The molecular formula is C11H23ClN2O2. The monoisotopic (exact) mass is 250 g/mol. The number of nitrogens with zero attached hydrogens (tertiary/aromatic N) is 1. The van der Waals surface area contributed by atoms with E-state index in [0.29, 0.717) is 19.1 Å². The molecule has 0 bridgehead atoms. The molecule has 16 heavy (non-hydrogen) atoms. The average molecular weight is 251 g/mol. The molecule has 1 heterocycles. The lowest BCUT2D eigenvalue weighted by atomic mass is 10.1. The zero-order valence-corrected chi connectivity index (χ0v) is 11.2. The minimum Gasteiger partial charge on any atom is -0.375 e. The van der Waals surface area contributed by atoms with Gasteiger partial charge in [-0.25, -0.2) is 0 Å². The first-order valence-corrected chi connectivity index (χ1v) is 5.73. The summed E-state index contributed by atoms with van der Waals surface area (Å²) in [6, 6.07) is 0.314. The largest absolute Gasteiger partial charge is 0.375 e. The highest BCUT2D eigenvalue weighted by molar-refractivity contribution is 5.85. The number of halogens is 1. The molecule has 1 saturated heterocycles. The molecule has 96 valence electrons. The third kappa shape index (κ3) is 4.68. The van der Waals surface area contributed by atoms with E-state index in [4.69, 9.17) is 4.74 Å². The van der Waals surface area contributed by atoms with E-state index in [1.165, 1.54) is 0 Å². The van der Waals surface area contributed by atoms with Crippen LogP contribution >= 0.6 is 12.4 Å². The molecule has 0 aliphatic carbocycles. The Morgan fingerprint density at radius 2 is 2.31 bits per heavy atom. The summed E-state index contributed by atoms with van der Waals surface area (Å²) in [5.74, 6) is 0.179. The maximum atomic E-state index is 11.8. The van der Waals surface area contributed by atoms with Gasteiger partial charge >= 0.3 is 0 Å². The van der Waals surface area contributed by atoms with Gasteiger partial charge in [0.15, 0.2) is 0 Å². The highest BCUT2D eigenvalue weighted by atomic mass is 35.5. The van der Waals surface area contributed by atoms with Gasteiger partial charge in [0.1, 0.15) is 0 Å². The van der Waals surface area contributed by atoms with Crippen LogP contribution in [0.1, 0.15) is 26.7 Å². The van der Waals surface area contributed by atoms with Gasteiger partial charge < -0.3 is 15.0 Å². The van der Waals surface area contributed by atoms with Gasteiger partial charge in [0.05, 0.1) is 19.1 Å². The Hall–Kier alpha value is -0.320. The molecule has 1 fully saturated rings. The first-order chi connectivity index (χ1) is 7.15. The topological polar surface area (TPSA) is 41.6 Å². The van der Waals surface area contributed by atoms with Crippen LogP contribution in [0.2, 0.25) is 0 Å². The fourth-order valence-corrected chi connectivity index (χ4v) is 1.61. The van der Waals surface area contributed by atoms with Gasteiger partial charge in [-0.05, 0) is 13.3 Å². The fraction of sp³-hybridized carbons (Fsp3) is 0.909. The first kappa shape index (κ1) is 15.7. The summed E-state index contributed by atoms with van der Waals surface area (Å²) in [5.41, 5.74) is 0. The van der Waals surface area contributed by atoms with Gasteiger partial charge in [-0.3, -0.25) is 4.79 Å². The van der Waals surface area contributed by atoms with E-state index >= 15 is 0 Å². The summed E-state index contributed by atoms with van der Waals surface area (Å²) in [6.07, 6.45) is 1.54. The normalized spacial score (nSPS) is 22.1. The summed E-state index contributed by atoms with van der Waals surface area (Å²) in [6.45, 7) is 6.56. The minimum absolute atomic E-state index is 0. The number of hydrogen-bond donors (Lipinski definition) is 1. The Morgan fingerprint density at radius 1 is 1.62 bits per heavy atom. The molecule has 0 saturated carbocycles. The Morgan fingerprint density at radius 3 is 2.81 bits per heavy atom. The number of morpholine rings is 1. The van der Waals surface area contributed by atoms with E-state index in [-0.39, 0.29) is 24.4 Å². The van der Waals surface area contributed by atoms with E-state index in [1.54, 1.807) is 0 Å². The van der Waals surface area contributed by atoms with Crippen molar-refractivity contribution in [2.75, 3.05) is 26.7 Å². The van der Waals surface area contributed by atoms with Crippen molar-refractivity contribution in [3.05, 3.63) is 0 Å². The van der Waals surface area contributed by atoms with Crippen molar-refractivity contribution in [1.82, 2.24) is 10.2 Å². The molecule has 1 rings (SSSR count). The maximum Gasteiger partial charge on any atom is 0.225 e. The van der Waals surface area contributed by atoms with Crippen molar-refractivity contribution in [3.63, 3.8) is 0 Å². The predicted molar refractivity (Wildman–Crippen MR) is 67.0 cm³/mol. The lowest BCUT2D eigenvalue weighted by Gasteiger charge is -2.28. The van der Waals surface area contributed by atoms with Gasteiger partial charge in [-0.15, -0.1) is 12.4 Å². The van der Waals surface area contributed by atoms with E-state index in [1.807, 2.05) is 11.9 Å². The maximum absolute atomic E-state index is 11.8. The molecule has 4 nitrogen and oxygen atoms in total. The zero-order valence-electron chi connectivity index (χ0n) is 10.4. The van der Waals surface area contributed by atoms with Crippen LogP contribution in [0.15, 0.2) is 0 Å². The van der Waals surface area contributed by atoms with Crippen molar-refractivity contribution in [1.29, 1.82) is 0 Å². The van der Waals surface area contributed by atoms with Crippen LogP contribution in [0.3, 0.4) is 0 Å². The van der Waals surface area contributed by atoms with Crippen LogP contribution in [-0.4, -0.2) is 49.7 Å². The number of amides is 1. The standard InChI is InChI=1S/C11H22N2O2.ClH/c1-4-9(2)13(3)11(14)7-10-8-12-5-6-15-10;/h9-10,12H,4-8H2,1-3H3;1H. The molecule has 0 aromatic rings. The highest BCUT2D eigenvalue weighted by Crippen LogP contribution is 2.07. The van der Waals surface area contributed by atoms with E-state index in [0.717, 1.165) is 19.5 Å². The van der Waals surface area contributed by atoms with Crippen LogP contribution in [0.4, 0.5) is 0 Å². The van der Waals surface area contributed by atoms with Gasteiger partial charge in [0.2, 0.25) is 5.91 Å². The highest BCUT2D eigenvalue weighted by Gasteiger charge is 2.21. The predicted octanol–water partition coefficient (Wildman–Crippen LogP) is 1.04. The van der Waals surface area contributed by atoms with Gasteiger partial charge in [-0.1, -0.05) is 6.92 Å². The summed E-state index contributed by atoms with van der Waals surface area (Å²) < 4.78 is 5.50. The lowest BCUT2D eigenvalue weighted by molar-refractivity contribution is -0.135. The molecule has 0 radical (unpaired) electrons. The van der Waals surface area contributed by atoms with Crippen LogP contribution < -0.4 is 5.32 Å². The van der Waals surface area contributed by atoms with Gasteiger partial charge in [-0.2, -0.15) is 0 Å². The second-order valence-electron chi connectivity index (χ2n) is 4.16. The molecule has 0 aromatic heterocycles. The van der Waals surface area contributed by atoms with Gasteiger partial charge in [0, 0.05) is 26.2 Å². The molecule has 1 aliphatic heterocycles. The molecule has 2 unspecified atom stereocenters. The number of nitrogens with one attached hydrogen (secondary N) is 1. The van der Waals surface area contributed by atoms with Crippen molar-refractivity contribution in [3.8, 4) is 0 Å². The molecule has 0 aromatic carbocycles. The summed E-state index contributed by atoms with van der Waals surface area (Å²) in [7, 11) is 1.87. The Labute approximate surface area is 104 Å². The third-order valence-electron chi connectivity index (χ3n) is 3.05. The second-order valence-corrected chi connectivity index (χ2v) is 4.16. The van der Waals surface area contributed by atoms with E-state index < -0.39 is 0 Å². The Kier molecular flexibility index (Phi) is 7.72. The molecule has 5 heteroatoms. The van der Waals surface area contributed by atoms with Crippen molar-refractivity contribution < 1.29 is 9.53 Å². The van der Waals surface area contributed by atoms with Crippen molar-refractivity contribution in [2.45, 2.75) is 38.8 Å². The molecule has 1 amide bonds. The van der Waals surface area contributed by atoms with Crippen LogP contribution in [0.25, 0.3) is 0 Å². The fourth-order valence-electron chi connectivity index (χ4n) is 1.61. The molecule has 1 aliphatic rings. The first-order valence-electron chi connectivity index (χ1n) is 5.73. The number of ether oxygens (including phenoxy) is 1. The molecule has 0 spiro atoms. The second kappa shape index (κ2) is 7.87. The SMILES string of the molecule is CCC(C)N(C)C(=O)CC1CNCCO1.Cl. The third-order valence-corrected chi connectivity index (χ3v) is 3.05. The van der Waals surface area contributed by atoms with E-state index in [9.17, 15) is 4.79 Å². The quantitative estimate of drug-likeness (QED) is 0.811. The number of rotatable bonds is 4. The number of carbonyl (C=O) groups is 1. The smallest absolute Gasteiger partial charge is 0.225 e.